The second-order valence-corrected chi connectivity index (χ2v) is 3.99. The summed E-state index contributed by atoms with van der Waals surface area (Å²) in [5.74, 6) is 5.68. The van der Waals surface area contributed by atoms with Crippen molar-refractivity contribution in [1.82, 2.24) is 0 Å². The fraction of sp³-hybridized carbons (Fsp3) is 0.333. The molecule has 1 unspecified atom stereocenters. The Morgan fingerprint density at radius 2 is 2.13 bits per heavy atom. The van der Waals surface area contributed by atoms with E-state index in [-0.39, 0.29) is 0 Å². The Hall–Kier alpha value is -0.680. The summed E-state index contributed by atoms with van der Waals surface area (Å²) in [6, 6.07) is 5.10. The van der Waals surface area contributed by atoms with Crippen molar-refractivity contribution >= 4 is 23.2 Å². The number of hydrogen-bond donors (Lipinski definition) is 1. The first-order valence-electron chi connectivity index (χ1n) is 4.67. The predicted octanol–water partition coefficient (Wildman–Crippen LogP) is 3.83. The molecular weight excluding hydrogens is 231 g/mol. The molecule has 1 N–H and O–H groups in total. The third-order valence-corrected chi connectivity index (χ3v) is 2.60. The van der Waals surface area contributed by atoms with Crippen molar-refractivity contribution in [2.45, 2.75) is 25.9 Å². The summed E-state index contributed by atoms with van der Waals surface area (Å²) in [6.07, 6.45) is 0.675. The molecule has 0 spiro atoms. The molecule has 0 bridgehead atoms. The number of aliphatic hydroxyl groups is 1. The maximum absolute atomic E-state index is 9.82. The third kappa shape index (κ3) is 3.76. The van der Waals surface area contributed by atoms with E-state index in [4.69, 9.17) is 23.2 Å². The fourth-order valence-electron chi connectivity index (χ4n) is 1.26. The van der Waals surface area contributed by atoms with Crippen molar-refractivity contribution in [1.29, 1.82) is 0 Å². The van der Waals surface area contributed by atoms with Gasteiger partial charge >= 0.3 is 0 Å². The normalized spacial score (nSPS) is 11.7. The maximum atomic E-state index is 9.82. The summed E-state index contributed by atoms with van der Waals surface area (Å²) < 4.78 is 0. The molecular formula is C12H12Cl2O. The van der Waals surface area contributed by atoms with E-state index in [1.165, 1.54) is 0 Å². The molecule has 1 nitrogen and oxygen atoms in total. The van der Waals surface area contributed by atoms with Gasteiger partial charge in [0, 0.05) is 16.5 Å². The number of halogens is 2. The molecule has 0 aliphatic heterocycles. The average molecular weight is 243 g/mol. The zero-order valence-electron chi connectivity index (χ0n) is 8.43. The van der Waals surface area contributed by atoms with Gasteiger partial charge in [-0.1, -0.05) is 29.3 Å². The van der Waals surface area contributed by atoms with Gasteiger partial charge in [-0.25, -0.2) is 0 Å². The van der Waals surface area contributed by atoms with Gasteiger partial charge in [-0.3, -0.25) is 0 Å². The van der Waals surface area contributed by atoms with Gasteiger partial charge in [0.05, 0.1) is 6.10 Å². The van der Waals surface area contributed by atoms with Crippen molar-refractivity contribution in [3.8, 4) is 11.8 Å². The van der Waals surface area contributed by atoms with Crippen LogP contribution in [0.2, 0.25) is 10.0 Å². The summed E-state index contributed by atoms with van der Waals surface area (Å²) >= 11 is 11.7. The summed E-state index contributed by atoms with van der Waals surface area (Å²) in [6.45, 7) is 1.78. The molecule has 0 fully saturated rings. The second kappa shape index (κ2) is 6.02. The lowest BCUT2D eigenvalue weighted by Crippen LogP contribution is -1.97. The molecule has 0 radical (unpaired) electrons. The standard InChI is InChI=1S/C12H12Cl2O/c1-2-3-4-5-12(15)10-7-6-9(13)8-11(10)14/h6-8,12,15H,4-5H2,1H3. The Morgan fingerprint density at radius 1 is 1.40 bits per heavy atom. The maximum Gasteiger partial charge on any atom is 0.0813 e. The molecule has 0 saturated heterocycles. The minimum Gasteiger partial charge on any atom is -0.388 e. The van der Waals surface area contributed by atoms with E-state index in [0.717, 1.165) is 0 Å². The monoisotopic (exact) mass is 242 g/mol. The van der Waals surface area contributed by atoms with Crippen molar-refractivity contribution in [2.75, 3.05) is 0 Å². The minimum absolute atomic E-state index is 0.499. The quantitative estimate of drug-likeness (QED) is 0.800. The van der Waals surface area contributed by atoms with Crippen molar-refractivity contribution < 1.29 is 5.11 Å². The van der Waals surface area contributed by atoms with E-state index in [1.807, 2.05) is 0 Å². The number of aliphatic hydroxyl groups excluding tert-OH is 1. The van der Waals surface area contributed by atoms with E-state index >= 15 is 0 Å². The van der Waals surface area contributed by atoms with Gasteiger partial charge < -0.3 is 5.11 Å². The van der Waals surface area contributed by atoms with Crippen LogP contribution in [0.1, 0.15) is 31.4 Å². The highest BCUT2D eigenvalue weighted by Crippen LogP contribution is 2.28. The second-order valence-electron chi connectivity index (χ2n) is 3.15. The topological polar surface area (TPSA) is 20.2 Å². The van der Waals surface area contributed by atoms with E-state index in [0.29, 0.717) is 28.5 Å². The summed E-state index contributed by atoms with van der Waals surface area (Å²) in [5.41, 5.74) is 0.707. The Bertz CT molecular complexity index is 390. The van der Waals surface area contributed by atoms with Crippen molar-refractivity contribution in [3.63, 3.8) is 0 Å². The molecule has 0 heterocycles. The van der Waals surface area contributed by atoms with Gasteiger partial charge in [0.2, 0.25) is 0 Å². The number of hydrogen-bond acceptors (Lipinski definition) is 1. The van der Waals surface area contributed by atoms with E-state index in [2.05, 4.69) is 11.8 Å². The van der Waals surface area contributed by atoms with E-state index < -0.39 is 6.10 Å². The predicted molar refractivity (Wildman–Crippen MR) is 64.1 cm³/mol. The van der Waals surface area contributed by atoms with Crippen LogP contribution >= 0.6 is 23.2 Å². The van der Waals surface area contributed by atoms with Crippen molar-refractivity contribution in [2.24, 2.45) is 0 Å². The van der Waals surface area contributed by atoms with Crippen LogP contribution in [0.15, 0.2) is 18.2 Å². The minimum atomic E-state index is -0.574. The largest absolute Gasteiger partial charge is 0.388 e. The van der Waals surface area contributed by atoms with Gasteiger partial charge in [-0.05, 0) is 31.0 Å². The van der Waals surface area contributed by atoms with Gasteiger partial charge in [-0.15, -0.1) is 11.8 Å². The first kappa shape index (κ1) is 12.4. The number of rotatable bonds is 3. The molecule has 1 aromatic rings. The van der Waals surface area contributed by atoms with Crippen LogP contribution in [0.3, 0.4) is 0 Å². The van der Waals surface area contributed by atoms with Gasteiger partial charge in [-0.2, -0.15) is 0 Å². The summed E-state index contributed by atoms with van der Waals surface area (Å²) in [5, 5.41) is 10.9. The van der Waals surface area contributed by atoms with Crippen LogP contribution in [-0.4, -0.2) is 5.11 Å². The van der Waals surface area contributed by atoms with Gasteiger partial charge in [0.15, 0.2) is 0 Å². The molecule has 0 amide bonds. The highest BCUT2D eigenvalue weighted by atomic mass is 35.5. The fourth-order valence-corrected chi connectivity index (χ4v) is 1.80. The van der Waals surface area contributed by atoms with Gasteiger partial charge in [0.1, 0.15) is 0 Å². The number of benzene rings is 1. The molecule has 0 saturated carbocycles. The van der Waals surface area contributed by atoms with Crippen LogP contribution in [0, 0.1) is 11.8 Å². The lowest BCUT2D eigenvalue weighted by molar-refractivity contribution is 0.169. The van der Waals surface area contributed by atoms with Crippen LogP contribution in [0.5, 0.6) is 0 Å². The Kier molecular flexibility index (Phi) is 4.98. The van der Waals surface area contributed by atoms with E-state index in [1.54, 1.807) is 25.1 Å². The molecule has 3 heteroatoms. The zero-order valence-corrected chi connectivity index (χ0v) is 9.94. The van der Waals surface area contributed by atoms with Crippen LogP contribution in [0.4, 0.5) is 0 Å². The van der Waals surface area contributed by atoms with Crippen LogP contribution in [0.25, 0.3) is 0 Å². The lowest BCUT2D eigenvalue weighted by atomic mass is 10.1. The first-order valence-corrected chi connectivity index (χ1v) is 5.43. The van der Waals surface area contributed by atoms with E-state index in [9.17, 15) is 5.11 Å². The Balaban J connectivity index is 2.71. The van der Waals surface area contributed by atoms with Gasteiger partial charge in [0.25, 0.3) is 0 Å². The first-order chi connectivity index (χ1) is 7.15. The van der Waals surface area contributed by atoms with Crippen LogP contribution in [-0.2, 0) is 0 Å². The molecule has 1 rings (SSSR count). The SMILES string of the molecule is CC#CCCC(O)c1ccc(Cl)cc1Cl. The Morgan fingerprint density at radius 3 is 2.73 bits per heavy atom. The highest BCUT2D eigenvalue weighted by molar-refractivity contribution is 6.35. The molecule has 0 aliphatic carbocycles. The third-order valence-electron chi connectivity index (χ3n) is 2.04. The smallest absolute Gasteiger partial charge is 0.0813 e. The Labute approximate surface area is 100 Å². The lowest BCUT2D eigenvalue weighted by Gasteiger charge is -2.11. The van der Waals surface area contributed by atoms with Crippen molar-refractivity contribution in [3.05, 3.63) is 33.8 Å². The van der Waals surface area contributed by atoms with Crippen LogP contribution < -0.4 is 0 Å². The summed E-state index contributed by atoms with van der Waals surface area (Å²) in [4.78, 5) is 0. The molecule has 15 heavy (non-hydrogen) atoms. The average Bonchev–Trinajstić information content (AvgIpc) is 2.17. The molecule has 1 atom stereocenters. The highest BCUT2D eigenvalue weighted by Gasteiger charge is 2.10. The molecule has 1 aromatic carbocycles. The molecule has 0 aromatic heterocycles. The zero-order chi connectivity index (χ0) is 11.3. The molecule has 80 valence electrons. The summed E-state index contributed by atoms with van der Waals surface area (Å²) in [7, 11) is 0. The molecule has 0 aliphatic rings.